The molecule has 0 aliphatic carbocycles. The summed E-state index contributed by atoms with van der Waals surface area (Å²) in [7, 11) is 0. The third-order valence-electron chi connectivity index (χ3n) is 2.52. The van der Waals surface area contributed by atoms with Crippen LogP contribution in [0.4, 0.5) is 0 Å². The van der Waals surface area contributed by atoms with Crippen molar-refractivity contribution in [3.8, 4) is 0 Å². The summed E-state index contributed by atoms with van der Waals surface area (Å²) < 4.78 is 11.2. The van der Waals surface area contributed by atoms with E-state index in [1.807, 2.05) is 49.4 Å². The van der Waals surface area contributed by atoms with Crippen LogP contribution >= 0.6 is 0 Å². The lowest BCUT2D eigenvalue weighted by Crippen LogP contribution is -2.41. The lowest BCUT2D eigenvalue weighted by atomic mass is 10.2. The molecular formula is C13H17NO2. The Kier molecular flexibility index (Phi) is 3.72. The van der Waals surface area contributed by atoms with Gasteiger partial charge in [-0.15, -0.1) is 0 Å². The minimum absolute atomic E-state index is 0.0700. The molecule has 1 heterocycles. The molecule has 0 bridgehead atoms. The van der Waals surface area contributed by atoms with Gasteiger partial charge in [-0.05, 0) is 12.5 Å². The van der Waals surface area contributed by atoms with Crippen LogP contribution in [0, 0.1) is 0 Å². The van der Waals surface area contributed by atoms with Crippen LogP contribution in [0.3, 0.4) is 0 Å². The summed E-state index contributed by atoms with van der Waals surface area (Å²) in [5.74, 6) is 0. The maximum Gasteiger partial charge on any atom is 0.177 e. The third kappa shape index (κ3) is 2.92. The standard InChI is InChI=1S/C13H17NO2/c1-10-7-8-12(14)13(16-10)15-9-11-5-3-2-4-6-11/h2-8,10,12-13H,9,14H2,1H3/t10-,12+,13+/m0/s1. The van der Waals surface area contributed by atoms with E-state index in [-0.39, 0.29) is 18.4 Å². The van der Waals surface area contributed by atoms with Gasteiger partial charge in [-0.2, -0.15) is 0 Å². The van der Waals surface area contributed by atoms with Gasteiger partial charge in [-0.25, -0.2) is 0 Å². The van der Waals surface area contributed by atoms with E-state index in [1.54, 1.807) is 0 Å². The molecule has 16 heavy (non-hydrogen) atoms. The minimum Gasteiger partial charge on any atom is -0.346 e. The number of rotatable bonds is 3. The molecule has 0 spiro atoms. The van der Waals surface area contributed by atoms with Crippen LogP contribution in [0.1, 0.15) is 12.5 Å². The van der Waals surface area contributed by atoms with Crippen LogP contribution in [0.5, 0.6) is 0 Å². The summed E-state index contributed by atoms with van der Waals surface area (Å²) >= 11 is 0. The van der Waals surface area contributed by atoms with Crippen LogP contribution in [0.25, 0.3) is 0 Å². The van der Waals surface area contributed by atoms with Crippen molar-refractivity contribution in [2.45, 2.75) is 32.0 Å². The van der Waals surface area contributed by atoms with Crippen molar-refractivity contribution in [3.63, 3.8) is 0 Å². The Morgan fingerprint density at radius 1 is 1.25 bits per heavy atom. The highest BCUT2D eigenvalue weighted by Crippen LogP contribution is 2.14. The molecule has 1 aliphatic heterocycles. The molecule has 0 saturated heterocycles. The summed E-state index contributed by atoms with van der Waals surface area (Å²) in [6.45, 7) is 2.50. The van der Waals surface area contributed by atoms with E-state index in [0.29, 0.717) is 6.61 Å². The summed E-state index contributed by atoms with van der Waals surface area (Å²) in [4.78, 5) is 0. The Balaban J connectivity index is 1.88. The predicted molar refractivity (Wildman–Crippen MR) is 62.7 cm³/mol. The van der Waals surface area contributed by atoms with Crippen molar-refractivity contribution in [1.82, 2.24) is 0 Å². The number of benzene rings is 1. The van der Waals surface area contributed by atoms with Crippen molar-refractivity contribution >= 4 is 0 Å². The molecule has 1 aromatic carbocycles. The van der Waals surface area contributed by atoms with E-state index in [0.717, 1.165) is 5.56 Å². The van der Waals surface area contributed by atoms with E-state index < -0.39 is 0 Å². The molecule has 0 amide bonds. The fraction of sp³-hybridized carbons (Fsp3) is 0.385. The van der Waals surface area contributed by atoms with Crippen LogP contribution in [-0.2, 0) is 16.1 Å². The van der Waals surface area contributed by atoms with Crippen molar-refractivity contribution in [2.75, 3.05) is 0 Å². The van der Waals surface area contributed by atoms with E-state index in [1.165, 1.54) is 0 Å². The molecule has 1 aliphatic rings. The lowest BCUT2D eigenvalue weighted by Gasteiger charge is -2.28. The highest BCUT2D eigenvalue weighted by molar-refractivity contribution is 5.13. The number of hydrogen-bond donors (Lipinski definition) is 1. The first-order valence-corrected chi connectivity index (χ1v) is 5.50. The van der Waals surface area contributed by atoms with Gasteiger partial charge in [-0.3, -0.25) is 0 Å². The quantitative estimate of drug-likeness (QED) is 0.789. The average Bonchev–Trinajstić information content (AvgIpc) is 2.32. The second-order valence-corrected chi connectivity index (χ2v) is 3.97. The smallest absolute Gasteiger partial charge is 0.177 e. The van der Waals surface area contributed by atoms with Crippen LogP contribution in [-0.4, -0.2) is 18.4 Å². The summed E-state index contributed by atoms with van der Waals surface area (Å²) in [5, 5.41) is 0. The van der Waals surface area contributed by atoms with Crippen molar-refractivity contribution in [1.29, 1.82) is 0 Å². The lowest BCUT2D eigenvalue weighted by molar-refractivity contribution is -0.173. The summed E-state index contributed by atoms with van der Waals surface area (Å²) in [5.41, 5.74) is 6.99. The van der Waals surface area contributed by atoms with E-state index in [2.05, 4.69) is 0 Å². The number of ether oxygens (including phenoxy) is 2. The first-order valence-electron chi connectivity index (χ1n) is 5.50. The number of nitrogens with two attached hydrogens (primary N) is 1. The van der Waals surface area contributed by atoms with Crippen LogP contribution in [0.2, 0.25) is 0 Å². The topological polar surface area (TPSA) is 44.5 Å². The van der Waals surface area contributed by atoms with Gasteiger partial charge >= 0.3 is 0 Å². The minimum atomic E-state index is -0.347. The Morgan fingerprint density at radius 2 is 2.00 bits per heavy atom. The van der Waals surface area contributed by atoms with Crippen molar-refractivity contribution in [2.24, 2.45) is 5.73 Å². The van der Waals surface area contributed by atoms with Gasteiger partial charge in [0.05, 0.1) is 18.8 Å². The molecule has 86 valence electrons. The second-order valence-electron chi connectivity index (χ2n) is 3.97. The summed E-state index contributed by atoms with van der Waals surface area (Å²) in [6, 6.07) is 9.82. The van der Waals surface area contributed by atoms with E-state index in [9.17, 15) is 0 Å². The molecule has 1 aromatic rings. The highest BCUT2D eigenvalue weighted by Gasteiger charge is 2.22. The van der Waals surface area contributed by atoms with Crippen LogP contribution < -0.4 is 5.73 Å². The molecule has 3 heteroatoms. The SMILES string of the molecule is C[C@H]1C=C[C@@H](N)[C@H](OCc2ccccc2)O1. The maximum absolute atomic E-state index is 5.87. The van der Waals surface area contributed by atoms with Gasteiger partial charge in [0.2, 0.25) is 0 Å². The monoisotopic (exact) mass is 219 g/mol. The van der Waals surface area contributed by atoms with Gasteiger partial charge < -0.3 is 15.2 Å². The predicted octanol–water partition coefficient (Wildman–Crippen LogP) is 1.83. The third-order valence-corrected chi connectivity index (χ3v) is 2.52. The number of hydrogen-bond acceptors (Lipinski definition) is 3. The largest absolute Gasteiger partial charge is 0.346 e. The zero-order valence-electron chi connectivity index (χ0n) is 9.37. The fourth-order valence-corrected chi connectivity index (χ4v) is 1.63. The van der Waals surface area contributed by atoms with Crippen molar-refractivity contribution in [3.05, 3.63) is 48.0 Å². The first-order chi connectivity index (χ1) is 7.75. The Bertz CT molecular complexity index is 350. The fourth-order valence-electron chi connectivity index (χ4n) is 1.63. The molecule has 2 rings (SSSR count). The Labute approximate surface area is 95.9 Å². The normalized spacial score (nSPS) is 29.2. The maximum atomic E-state index is 5.87. The molecule has 3 atom stereocenters. The van der Waals surface area contributed by atoms with Crippen molar-refractivity contribution < 1.29 is 9.47 Å². The van der Waals surface area contributed by atoms with Gasteiger partial charge in [0.25, 0.3) is 0 Å². The average molecular weight is 219 g/mol. The molecule has 3 nitrogen and oxygen atoms in total. The Morgan fingerprint density at radius 3 is 2.75 bits per heavy atom. The first kappa shape index (κ1) is 11.3. The van der Waals surface area contributed by atoms with E-state index >= 15 is 0 Å². The summed E-state index contributed by atoms with van der Waals surface area (Å²) in [6.07, 6.45) is 3.61. The molecule has 0 saturated carbocycles. The van der Waals surface area contributed by atoms with E-state index in [4.69, 9.17) is 15.2 Å². The van der Waals surface area contributed by atoms with Gasteiger partial charge in [0, 0.05) is 0 Å². The molecule has 0 radical (unpaired) electrons. The van der Waals surface area contributed by atoms with Gasteiger partial charge in [-0.1, -0.05) is 42.5 Å². The molecule has 0 unspecified atom stereocenters. The van der Waals surface area contributed by atoms with Gasteiger partial charge in [0.1, 0.15) is 0 Å². The van der Waals surface area contributed by atoms with Gasteiger partial charge in [0.15, 0.2) is 6.29 Å². The molecule has 0 fully saturated rings. The highest BCUT2D eigenvalue weighted by atomic mass is 16.7. The Hall–Kier alpha value is -1.16. The zero-order chi connectivity index (χ0) is 11.4. The molecular weight excluding hydrogens is 202 g/mol. The van der Waals surface area contributed by atoms with Crippen LogP contribution in [0.15, 0.2) is 42.5 Å². The zero-order valence-corrected chi connectivity index (χ0v) is 9.37. The second kappa shape index (κ2) is 5.25. The molecule has 0 aromatic heterocycles. The molecule has 2 N–H and O–H groups in total.